The summed E-state index contributed by atoms with van der Waals surface area (Å²) in [6, 6.07) is 12.2. The molecule has 2 atom stereocenters. The summed E-state index contributed by atoms with van der Waals surface area (Å²) in [6.07, 6.45) is 0. The maximum absolute atomic E-state index is 12.1. The van der Waals surface area contributed by atoms with E-state index < -0.39 is 19.3 Å². The van der Waals surface area contributed by atoms with E-state index in [4.69, 9.17) is 20.8 Å². The Morgan fingerprint density at radius 3 is 2.50 bits per heavy atom. The normalized spacial score (nSPS) is 13.9. The molecule has 0 saturated carbocycles. The van der Waals surface area contributed by atoms with E-state index in [1.54, 1.807) is 13.0 Å². The molecule has 0 saturated heterocycles. The summed E-state index contributed by atoms with van der Waals surface area (Å²) in [6.45, 7) is 5.71. The molecule has 5 nitrogen and oxygen atoms in total. The first kappa shape index (κ1) is 18.8. The lowest BCUT2D eigenvalue weighted by atomic mass is 10.1. The zero-order chi connectivity index (χ0) is 17.7. The molecule has 0 fully saturated rings. The first-order valence-corrected chi connectivity index (χ1v) is 10.1. The average molecular weight is 370 g/mol. The van der Waals surface area contributed by atoms with Crippen LogP contribution in [-0.4, -0.2) is 23.5 Å². The number of ether oxygens (including phenoxy) is 1. The summed E-state index contributed by atoms with van der Waals surface area (Å²) >= 11 is 5.79. The molecule has 0 radical (unpaired) electrons. The molecule has 0 amide bonds. The Morgan fingerprint density at radius 2 is 1.83 bits per heavy atom. The number of nitrogens with zero attached hydrogens (tertiary/aromatic N) is 1. The molecule has 1 unspecified atom stereocenters. The Morgan fingerprint density at radius 1 is 1.17 bits per heavy atom. The van der Waals surface area contributed by atoms with Crippen LogP contribution in [0.3, 0.4) is 0 Å². The Balaban J connectivity index is 2.21. The van der Waals surface area contributed by atoms with Gasteiger partial charge >= 0.3 is 5.97 Å². The summed E-state index contributed by atoms with van der Waals surface area (Å²) in [7, 11) is -2.79. The number of rotatable bonds is 7. The van der Waals surface area contributed by atoms with Gasteiger partial charge in [0, 0.05) is 5.39 Å². The number of fused-ring (bicyclic) bond motifs is 1. The molecule has 130 valence electrons. The van der Waals surface area contributed by atoms with Crippen molar-refractivity contribution in [1.82, 2.24) is 4.83 Å². The quantitative estimate of drug-likeness (QED) is 0.404. The number of benzene rings is 2. The summed E-state index contributed by atoms with van der Waals surface area (Å²) in [4.78, 5) is 18.8. The van der Waals surface area contributed by atoms with Crippen molar-refractivity contribution in [1.29, 1.82) is 0 Å². The van der Waals surface area contributed by atoms with Crippen LogP contribution in [-0.2, 0) is 14.1 Å². The van der Waals surface area contributed by atoms with Gasteiger partial charge in [-0.3, -0.25) is 9.36 Å². The predicted molar refractivity (Wildman–Crippen MR) is 96.5 cm³/mol. The van der Waals surface area contributed by atoms with E-state index in [0.29, 0.717) is 5.75 Å². The zero-order valence-electron chi connectivity index (χ0n) is 13.9. The van der Waals surface area contributed by atoms with E-state index in [1.165, 1.54) is 0 Å². The van der Waals surface area contributed by atoms with Gasteiger partial charge in [0.1, 0.15) is 6.04 Å². The number of hydroxylamine groups is 1. The van der Waals surface area contributed by atoms with Gasteiger partial charge in [0.05, 0.1) is 6.61 Å². The third-order valence-electron chi connectivity index (χ3n) is 3.37. The predicted octanol–water partition coefficient (Wildman–Crippen LogP) is 4.65. The second-order valence-corrected chi connectivity index (χ2v) is 7.76. The van der Waals surface area contributed by atoms with Crippen LogP contribution in [0, 0.1) is 5.92 Å². The Bertz CT molecular complexity index is 732. The third-order valence-corrected chi connectivity index (χ3v) is 4.70. The molecule has 0 heterocycles. The fourth-order valence-electron chi connectivity index (χ4n) is 2.11. The van der Waals surface area contributed by atoms with Gasteiger partial charge in [0.25, 0.3) is 7.30 Å². The van der Waals surface area contributed by atoms with Crippen molar-refractivity contribution < 1.29 is 18.9 Å². The van der Waals surface area contributed by atoms with E-state index in [0.717, 1.165) is 15.6 Å². The van der Waals surface area contributed by atoms with E-state index >= 15 is 0 Å². The number of halogens is 1. The van der Waals surface area contributed by atoms with Crippen LogP contribution in [0.15, 0.2) is 42.5 Å². The smallest absolute Gasteiger partial charge is 0.327 e. The van der Waals surface area contributed by atoms with Crippen LogP contribution >= 0.6 is 18.5 Å². The summed E-state index contributed by atoms with van der Waals surface area (Å²) in [5.41, 5.74) is 0. The van der Waals surface area contributed by atoms with Crippen LogP contribution in [0.25, 0.3) is 10.8 Å². The minimum atomic E-state index is -2.79. The van der Waals surface area contributed by atoms with Crippen molar-refractivity contribution in [2.75, 3.05) is 6.61 Å². The van der Waals surface area contributed by atoms with Gasteiger partial charge < -0.3 is 9.57 Å². The lowest BCUT2D eigenvalue weighted by Crippen LogP contribution is -2.37. The highest BCUT2D eigenvalue weighted by Gasteiger charge is 2.29. The number of hydrogen-bond donors (Lipinski definition) is 0. The Kier molecular flexibility index (Phi) is 6.67. The highest BCUT2D eigenvalue weighted by atomic mass is 35.7. The average Bonchev–Trinajstić information content (AvgIpc) is 2.56. The van der Waals surface area contributed by atoms with Crippen molar-refractivity contribution >= 4 is 35.3 Å². The van der Waals surface area contributed by atoms with Gasteiger partial charge in [0.15, 0.2) is 5.75 Å². The van der Waals surface area contributed by atoms with Crippen molar-refractivity contribution in [3.05, 3.63) is 42.5 Å². The van der Waals surface area contributed by atoms with Crippen molar-refractivity contribution in [2.45, 2.75) is 26.8 Å². The molecular formula is C17H21ClNO4P. The van der Waals surface area contributed by atoms with Crippen molar-refractivity contribution in [3.8, 4) is 5.75 Å². The molecule has 0 N–H and O–H groups in total. The molecule has 7 heteroatoms. The van der Waals surface area contributed by atoms with Crippen molar-refractivity contribution in [3.63, 3.8) is 0 Å². The second-order valence-electron chi connectivity index (χ2n) is 5.85. The monoisotopic (exact) mass is 369 g/mol. The molecule has 2 rings (SSSR count). The van der Waals surface area contributed by atoms with Crippen LogP contribution in [0.5, 0.6) is 5.75 Å². The third kappa shape index (κ3) is 4.73. The molecular weight excluding hydrogens is 349 g/mol. The van der Waals surface area contributed by atoms with Crippen LogP contribution in [0.1, 0.15) is 20.8 Å². The molecule has 0 aliphatic carbocycles. The topological polar surface area (TPSA) is 55.8 Å². The molecule has 2 aromatic rings. The number of carbonyl (C=O) groups is 1. The fraction of sp³-hybridized carbons (Fsp3) is 0.353. The Hall–Kier alpha value is -1.55. The van der Waals surface area contributed by atoms with E-state index in [2.05, 4.69) is 0 Å². The Labute approximate surface area is 147 Å². The lowest BCUT2D eigenvalue weighted by Gasteiger charge is -2.25. The van der Waals surface area contributed by atoms with Gasteiger partial charge in [-0.2, -0.15) is 0 Å². The van der Waals surface area contributed by atoms with Gasteiger partial charge in [-0.05, 0) is 35.5 Å². The lowest BCUT2D eigenvalue weighted by molar-refractivity contribution is -0.155. The summed E-state index contributed by atoms with van der Waals surface area (Å²) < 4.78 is 17.1. The van der Waals surface area contributed by atoms with Crippen LogP contribution in [0.4, 0.5) is 0 Å². The molecule has 2 aromatic carbocycles. The summed E-state index contributed by atoms with van der Waals surface area (Å²) in [5, 5.41) is 1.81. The minimum absolute atomic E-state index is 0.210. The SMILES string of the molecule is CC(C)COC(=O)[C@H](C)N(Oc1cccc2ccccc12)[PH](=O)Cl. The molecule has 0 aliphatic heterocycles. The van der Waals surface area contributed by atoms with Gasteiger partial charge in [0.2, 0.25) is 0 Å². The minimum Gasteiger partial charge on any atom is -0.464 e. The van der Waals surface area contributed by atoms with Gasteiger partial charge in [-0.15, -0.1) is 0 Å². The molecule has 24 heavy (non-hydrogen) atoms. The molecule has 0 bridgehead atoms. The van der Waals surface area contributed by atoms with Gasteiger partial charge in [-0.1, -0.05) is 55.1 Å². The fourth-order valence-corrected chi connectivity index (χ4v) is 3.24. The maximum Gasteiger partial charge on any atom is 0.327 e. The second kappa shape index (κ2) is 8.52. The number of hydrogen-bond acceptors (Lipinski definition) is 4. The highest BCUT2D eigenvalue weighted by molar-refractivity contribution is 7.71. The maximum atomic E-state index is 12.1. The largest absolute Gasteiger partial charge is 0.464 e. The van der Waals surface area contributed by atoms with Crippen LogP contribution < -0.4 is 4.84 Å². The first-order chi connectivity index (χ1) is 11.4. The number of carbonyl (C=O) groups excluding carboxylic acids is 1. The van der Waals surface area contributed by atoms with E-state index in [1.807, 2.05) is 50.2 Å². The standard InChI is InChI=1S/C17H21ClNO4P/c1-12(2)11-22-17(20)13(3)19(24(18)21)23-16-10-6-8-14-7-4-5-9-15(14)16/h4-10,12-13,24H,11H2,1-3H3/t13-/m0/s1. The van der Waals surface area contributed by atoms with Crippen molar-refractivity contribution in [2.24, 2.45) is 5.92 Å². The van der Waals surface area contributed by atoms with Crippen LogP contribution in [0.2, 0.25) is 0 Å². The molecule has 0 aliphatic rings. The summed E-state index contributed by atoms with van der Waals surface area (Å²) in [5.74, 6) is 0.167. The highest BCUT2D eigenvalue weighted by Crippen LogP contribution is 2.37. The number of esters is 1. The van der Waals surface area contributed by atoms with E-state index in [-0.39, 0.29) is 12.5 Å². The van der Waals surface area contributed by atoms with Gasteiger partial charge in [-0.25, -0.2) is 0 Å². The first-order valence-electron chi connectivity index (χ1n) is 7.71. The molecule has 0 aromatic heterocycles. The molecule has 0 spiro atoms. The zero-order valence-corrected chi connectivity index (χ0v) is 15.6. The van der Waals surface area contributed by atoms with E-state index in [9.17, 15) is 9.36 Å².